The Labute approximate surface area is 172 Å². The van der Waals surface area contributed by atoms with Gasteiger partial charge in [-0.15, -0.1) is 0 Å². The third kappa shape index (κ3) is 5.94. The molecule has 0 saturated carbocycles. The van der Waals surface area contributed by atoms with Crippen LogP contribution >= 0.6 is 11.6 Å². The van der Waals surface area contributed by atoms with Crippen LogP contribution in [0.5, 0.6) is 5.75 Å². The van der Waals surface area contributed by atoms with E-state index in [0.717, 1.165) is 0 Å². The topological polar surface area (TPSA) is 84.5 Å². The molecule has 0 saturated heterocycles. The van der Waals surface area contributed by atoms with Gasteiger partial charge in [0.05, 0.1) is 4.90 Å². The van der Waals surface area contributed by atoms with Crippen molar-refractivity contribution in [2.75, 3.05) is 16.6 Å². The number of halogens is 2. The zero-order chi connectivity index (χ0) is 20.9. The molecule has 0 atom stereocenters. The van der Waals surface area contributed by atoms with Crippen LogP contribution in [-0.2, 0) is 14.8 Å². The highest BCUT2D eigenvalue weighted by Gasteiger charge is 2.14. The maximum absolute atomic E-state index is 12.8. The van der Waals surface area contributed by atoms with E-state index >= 15 is 0 Å². The van der Waals surface area contributed by atoms with E-state index < -0.39 is 21.7 Å². The van der Waals surface area contributed by atoms with Crippen molar-refractivity contribution in [3.8, 4) is 5.75 Å². The molecule has 3 aromatic carbocycles. The monoisotopic (exact) mass is 434 g/mol. The molecule has 0 spiro atoms. The van der Waals surface area contributed by atoms with E-state index in [0.29, 0.717) is 22.1 Å². The summed E-state index contributed by atoms with van der Waals surface area (Å²) >= 11 is 5.79. The number of sulfonamides is 1. The number of carbonyl (C=O) groups is 1. The Balaban J connectivity index is 1.58. The van der Waals surface area contributed by atoms with Crippen LogP contribution in [-0.4, -0.2) is 20.9 Å². The summed E-state index contributed by atoms with van der Waals surface area (Å²) in [5.74, 6) is -0.483. The molecule has 150 valence electrons. The van der Waals surface area contributed by atoms with Crippen molar-refractivity contribution in [1.29, 1.82) is 0 Å². The Kier molecular flexibility index (Phi) is 6.36. The standard InChI is InChI=1S/C20H16ClFN2O4S/c21-14-1-5-17(6-2-14)24-29(26,27)19-11-7-16(8-12-19)23-20(25)13-28-18-9-3-15(22)4-10-18/h1-12,24H,13H2,(H,23,25). The second-order valence-electron chi connectivity index (χ2n) is 5.93. The Morgan fingerprint density at radius 3 is 2.10 bits per heavy atom. The van der Waals surface area contributed by atoms with Gasteiger partial charge in [-0.05, 0) is 72.8 Å². The number of nitrogens with one attached hydrogen (secondary N) is 2. The predicted molar refractivity (Wildman–Crippen MR) is 109 cm³/mol. The third-order valence-corrected chi connectivity index (χ3v) is 5.38. The zero-order valence-corrected chi connectivity index (χ0v) is 16.5. The molecule has 3 aromatic rings. The number of anilines is 2. The summed E-state index contributed by atoms with van der Waals surface area (Å²) in [7, 11) is -3.78. The van der Waals surface area contributed by atoms with Crippen LogP contribution in [0.3, 0.4) is 0 Å². The lowest BCUT2D eigenvalue weighted by atomic mass is 10.3. The van der Waals surface area contributed by atoms with E-state index in [1.807, 2.05) is 0 Å². The number of rotatable bonds is 7. The van der Waals surface area contributed by atoms with E-state index in [1.165, 1.54) is 48.5 Å². The van der Waals surface area contributed by atoms with E-state index in [2.05, 4.69) is 10.0 Å². The Morgan fingerprint density at radius 1 is 0.897 bits per heavy atom. The summed E-state index contributed by atoms with van der Waals surface area (Å²) in [6.07, 6.45) is 0. The summed E-state index contributed by atoms with van der Waals surface area (Å²) in [5, 5.41) is 3.09. The van der Waals surface area contributed by atoms with Gasteiger partial charge in [-0.2, -0.15) is 0 Å². The largest absolute Gasteiger partial charge is 0.484 e. The summed E-state index contributed by atoms with van der Waals surface area (Å²) in [6, 6.07) is 17.2. The molecule has 0 aliphatic carbocycles. The number of hydrogen-bond acceptors (Lipinski definition) is 4. The summed E-state index contributed by atoms with van der Waals surface area (Å²) in [6.45, 7) is -0.274. The first kappa shape index (κ1) is 20.6. The van der Waals surface area contributed by atoms with Gasteiger partial charge in [-0.3, -0.25) is 9.52 Å². The minimum absolute atomic E-state index is 0.0352. The van der Waals surface area contributed by atoms with E-state index in [-0.39, 0.29) is 11.5 Å². The highest BCUT2D eigenvalue weighted by Crippen LogP contribution is 2.20. The highest BCUT2D eigenvalue weighted by molar-refractivity contribution is 7.92. The SMILES string of the molecule is O=C(COc1ccc(F)cc1)Nc1ccc(S(=O)(=O)Nc2ccc(Cl)cc2)cc1. The maximum Gasteiger partial charge on any atom is 0.262 e. The van der Waals surface area contributed by atoms with Crippen molar-refractivity contribution in [2.45, 2.75) is 4.90 Å². The molecule has 1 amide bonds. The van der Waals surface area contributed by atoms with Gasteiger partial charge in [0.25, 0.3) is 15.9 Å². The summed E-state index contributed by atoms with van der Waals surface area (Å²) in [5.41, 5.74) is 0.785. The number of benzene rings is 3. The molecule has 0 fully saturated rings. The van der Waals surface area contributed by atoms with Crippen LogP contribution in [0.4, 0.5) is 15.8 Å². The molecule has 0 heterocycles. The van der Waals surface area contributed by atoms with E-state index in [1.54, 1.807) is 24.3 Å². The van der Waals surface area contributed by atoms with Gasteiger partial charge in [0.2, 0.25) is 0 Å². The molecule has 0 bridgehead atoms. The van der Waals surface area contributed by atoms with Gasteiger partial charge in [0, 0.05) is 16.4 Å². The van der Waals surface area contributed by atoms with Crippen LogP contribution < -0.4 is 14.8 Å². The third-order valence-electron chi connectivity index (χ3n) is 3.73. The number of amides is 1. The van der Waals surface area contributed by atoms with E-state index in [4.69, 9.17) is 16.3 Å². The molecule has 0 aliphatic heterocycles. The van der Waals surface area contributed by atoms with Crippen molar-refractivity contribution in [1.82, 2.24) is 0 Å². The lowest BCUT2D eigenvalue weighted by Gasteiger charge is -2.10. The molecule has 0 aliphatic rings. The summed E-state index contributed by atoms with van der Waals surface area (Å²) < 4.78 is 45.4. The molecule has 0 unspecified atom stereocenters. The first-order chi connectivity index (χ1) is 13.8. The molecule has 9 heteroatoms. The fourth-order valence-corrected chi connectivity index (χ4v) is 3.51. The lowest BCUT2D eigenvalue weighted by Crippen LogP contribution is -2.20. The molecule has 2 N–H and O–H groups in total. The van der Waals surface area contributed by atoms with Gasteiger partial charge in [0.15, 0.2) is 6.61 Å². The van der Waals surface area contributed by atoms with Crippen LogP contribution in [0.1, 0.15) is 0 Å². The number of hydrogen-bond donors (Lipinski definition) is 2. The van der Waals surface area contributed by atoms with Crippen molar-refractivity contribution in [3.63, 3.8) is 0 Å². The van der Waals surface area contributed by atoms with Crippen molar-refractivity contribution >= 4 is 38.9 Å². The first-order valence-electron chi connectivity index (χ1n) is 8.38. The van der Waals surface area contributed by atoms with Crippen LogP contribution in [0.15, 0.2) is 77.7 Å². The predicted octanol–water partition coefficient (Wildman–Crippen LogP) is 4.30. The minimum Gasteiger partial charge on any atom is -0.484 e. The molecule has 0 aromatic heterocycles. The number of ether oxygens (including phenoxy) is 1. The molecule has 0 radical (unpaired) electrons. The second-order valence-corrected chi connectivity index (χ2v) is 8.05. The van der Waals surface area contributed by atoms with Crippen molar-refractivity contribution < 1.29 is 22.3 Å². The molecule has 3 rings (SSSR count). The average Bonchev–Trinajstić information content (AvgIpc) is 2.70. The molecular weight excluding hydrogens is 419 g/mol. The fourth-order valence-electron chi connectivity index (χ4n) is 2.33. The van der Waals surface area contributed by atoms with Crippen LogP contribution in [0.25, 0.3) is 0 Å². The molecular formula is C20H16ClFN2O4S. The van der Waals surface area contributed by atoms with Crippen molar-refractivity contribution in [3.05, 3.63) is 83.6 Å². The minimum atomic E-state index is -3.78. The Morgan fingerprint density at radius 2 is 1.48 bits per heavy atom. The Bertz CT molecular complexity index is 1090. The quantitative estimate of drug-likeness (QED) is 0.580. The smallest absolute Gasteiger partial charge is 0.262 e. The lowest BCUT2D eigenvalue weighted by molar-refractivity contribution is -0.118. The molecule has 29 heavy (non-hydrogen) atoms. The van der Waals surface area contributed by atoms with Gasteiger partial charge >= 0.3 is 0 Å². The highest BCUT2D eigenvalue weighted by atomic mass is 35.5. The first-order valence-corrected chi connectivity index (χ1v) is 10.2. The van der Waals surface area contributed by atoms with Gasteiger partial charge in [-0.1, -0.05) is 11.6 Å². The van der Waals surface area contributed by atoms with Gasteiger partial charge in [-0.25, -0.2) is 12.8 Å². The second kappa shape index (κ2) is 8.93. The molecule has 6 nitrogen and oxygen atoms in total. The normalized spacial score (nSPS) is 11.0. The maximum atomic E-state index is 12.8. The Hall–Kier alpha value is -3.10. The van der Waals surface area contributed by atoms with Gasteiger partial charge < -0.3 is 10.1 Å². The van der Waals surface area contributed by atoms with Crippen molar-refractivity contribution in [2.24, 2.45) is 0 Å². The zero-order valence-electron chi connectivity index (χ0n) is 14.9. The van der Waals surface area contributed by atoms with Crippen LogP contribution in [0, 0.1) is 5.82 Å². The fraction of sp³-hybridized carbons (Fsp3) is 0.0500. The number of carbonyl (C=O) groups excluding carboxylic acids is 1. The van der Waals surface area contributed by atoms with E-state index in [9.17, 15) is 17.6 Å². The summed E-state index contributed by atoms with van der Waals surface area (Å²) in [4.78, 5) is 12.0. The van der Waals surface area contributed by atoms with Crippen LogP contribution in [0.2, 0.25) is 5.02 Å². The van der Waals surface area contributed by atoms with Gasteiger partial charge in [0.1, 0.15) is 11.6 Å². The average molecular weight is 435 g/mol.